The van der Waals surface area contributed by atoms with Crippen molar-refractivity contribution in [2.24, 2.45) is 0 Å². The fraction of sp³-hybridized carbons (Fsp3) is 0.333. The SMILES string of the molecule is COc1ccc(CC(=O)N2CCN(c3cccc(C#N)c3)CC2)cc1OC. The number of nitriles is 1. The van der Waals surface area contributed by atoms with E-state index in [-0.39, 0.29) is 5.91 Å². The van der Waals surface area contributed by atoms with E-state index in [0.717, 1.165) is 24.3 Å². The number of amides is 1. The monoisotopic (exact) mass is 365 g/mol. The second-order valence-electron chi connectivity index (χ2n) is 6.40. The van der Waals surface area contributed by atoms with Crippen LogP contribution in [0.4, 0.5) is 5.69 Å². The van der Waals surface area contributed by atoms with Crippen molar-refractivity contribution in [3.63, 3.8) is 0 Å². The van der Waals surface area contributed by atoms with Crippen LogP contribution in [0.25, 0.3) is 0 Å². The molecule has 6 heteroatoms. The van der Waals surface area contributed by atoms with Crippen LogP contribution in [0, 0.1) is 11.3 Å². The summed E-state index contributed by atoms with van der Waals surface area (Å²) in [7, 11) is 3.18. The average Bonchev–Trinajstić information content (AvgIpc) is 2.73. The Hall–Kier alpha value is -3.20. The van der Waals surface area contributed by atoms with Crippen LogP contribution in [-0.2, 0) is 11.2 Å². The van der Waals surface area contributed by atoms with Crippen molar-refractivity contribution in [2.75, 3.05) is 45.3 Å². The molecule has 27 heavy (non-hydrogen) atoms. The quantitative estimate of drug-likeness (QED) is 0.814. The number of carbonyl (C=O) groups is 1. The van der Waals surface area contributed by atoms with E-state index < -0.39 is 0 Å². The fourth-order valence-corrected chi connectivity index (χ4v) is 3.26. The number of methoxy groups -OCH3 is 2. The van der Waals surface area contributed by atoms with E-state index in [1.54, 1.807) is 20.3 Å². The van der Waals surface area contributed by atoms with Crippen LogP contribution >= 0.6 is 0 Å². The summed E-state index contributed by atoms with van der Waals surface area (Å²) in [5.41, 5.74) is 2.59. The zero-order valence-electron chi connectivity index (χ0n) is 15.6. The Labute approximate surface area is 159 Å². The van der Waals surface area contributed by atoms with Gasteiger partial charge in [-0.15, -0.1) is 0 Å². The maximum absolute atomic E-state index is 12.7. The first-order chi connectivity index (χ1) is 13.1. The van der Waals surface area contributed by atoms with E-state index in [4.69, 9.17) is 14.7 Å². The largest absolute Gasteiger partial charge is 0.493 e. The number of benzene rings is 2. The number of rotatable bonds is 5. The third-order valence-corrected chi connectivity index (χ3v) is 4.78. The Balaban J connectivity index is 1.59. The molecular weight excluding hydrogens is 342 g/mol. The smallest absolute Gasteiger partial charge is 0.227 e. The molecule has 1 heterocycles. The number of ether oxygens (including phenoxy) is 2. The number of anilines is 1. The molecule has 6 nitrogen and oxygen atoms in total. The summed E-state index contributed by atoms with van der Waals surface area (Å²) < 4.78 is 10.5. The Kier molecular flexibility index (Phi) is 5.82. The Morgan fingerprint density at radius 3 is 2.44 bits per heavy atom. The highest BCUT2D eigenvalue weighted by Gasteiger charge is 2.22. The van der Waals surface area contributed by atoms with Gasteiger partial charge in [0.2, 0.25) is 5.91 Å². The van der Waals surface area contributed by atoms with Gasteiger partial charge in [0.05, 0.1) is 32.3 Å². The molecule has 1 aliphatic rings. The number of hydrogen-bond acceptors (Lipinski definition) is 5. The molecule has 1 aliphatic heterocycles. The second-order valence-corrected chi connectivity index (χ2v) is 6.40. The standard InChI is InChI=1S/C21H23N3O3/c1-26-19-7-6-16(13-20(19)27-2)14-21(25)24-10-8-23(9-11-24)18-5-3-4-17(12-18)15-22/h3-7,12-13H,8-11,14H2,1-2H3. The summed E-state index contributed by atoms with van der Waals surface area (Å²) in [6.45, 7) is 2.85. The van der Waals surface area contributed by atoms with Gasteiger partial charge in [-0.2, -0.15) is 5.26 Å². The minimum absolute atomic E-state index is 0.104. The molecule has 140 valence electrons. The molecule has 0 radical (unpaired) electrons. The molecule has 1 saturated heterocycles. The molecule has 0 spiro atoms. The van der Waals surface area contributed by atoms with Crippen LogP contribution in [-0.4, -0.2) is 51.2 Å². The number of hydrogen-bond donors (Lipinski definition) is 0. The summed E-state index contributed by atoms with van der Waals surface area (Å²) >= 11 is 0. The molecule has 0 aromatic heterocycles. The topological polar surface area (TPSA) is 65.8 Å². The Morgan fingerprint density at radius 1 is 1.04 bits per heavy atom. The van der Waals surface area contributed by atoms with E-state index in [0.29, 0.717) is 36.6 Å². The molecule has 0 bridgehead atoms. The molecule has 0 aliphatic carbocycles. The number of piperazine rings is 1. The highest BCUT2D eigenvalue weighted by molar-refractivity contribution is 5.79. The van der Waals surface area contributed by atoms with Crippen LogP contribution in [0.2, 0.25) is 0 Å². The van der Waals surface area contributed by atoms with Gasteiger partial charge in [-0.25, -0.2) is 0 Å². The highest BCUT2D eigenvalue weighted by atomic mass is 16.5. The summed E-state index contributed by atoms with van der Waals surface area (Å²) in [4.78, 5) is 16.8. The zero-order valence-corrected chi connectivity index (χ0v) is 15.6. The van der Waals surface area contributed by atoms with Gasteiger partial charge in [0.25, 0.3) is 0 Å². The fourth-order valence-electron chi connectivity index (χ4n) is 3.26. The summed E-state index contributed by atoms with van der Waals surface area (Å²) in [6, 6.07) is 15.3. The molecule has 0 unspecified atom stereocenters. The highest BCUT2D eigenvalue weighted by Crippen LogP contribution is 2.28. The van der Waals surface area contributed by atoms with Gasteiger partial charge < -0.3 is 19.3 Å². The molecule has 0 saturated carbocycles. The third-order valence-electron chi connectivity index (χ3n) is 4.78. The lowest BCUT2D eigenvalue weighted by atomic mass is 10.1. The van der Waals surface area contributed by atoms with E-state index in [1.165, 1.54) is 0 Å². The first kappa shape index (κ1) is 18.6. The van der Waals surface area contributed by atoms with E-state index in [1.807, 2.05) is 41.3 Å². The molecular formula is C21H23N3O3. The molecule has 0 atom stereocenters. The number of carbonyl (C=O) groups excluding carboxylic acids is 1. The molecule has 3 rings (SSSR count). The first-order valence-corrected chi connectivity index (χ1v) is 8.88. The van der Waals surface area contributed by atoms with Gasteiger partial charge >= 0.3 is 0 Å². The van der Waals surface area contributed by atoms with Crippen LogP contribution in [0.5, 0.6) is 11.5 Å². The zero-order chi connectivity index (χ0) is 19.2. The summed E-state index contributed by atoms with van der Waals surface area (Å²) in [5, 5.41) is 9.05. The maximum Gasteiger partial charge on any atom is 0.227 e. The second kappa shape index (κ2) is 8.45. The third kappa shape index (κ3) is 4.32. The normalized spacial score (nSPS) is 13.8. The lowest BCUT2D eigenvalue weighted by Gasteiger charge is -2.36. The van der Waals surface area contributed by atoms with Gasteiger partial charge in [0.15, 0.2) is 11.5 Å². The lowest BCUT2D eigenvalue weighted by molar-refractivity contribution is -0.130. The van der Waals surface area contributed by atoms with E-state index in [2.05, 4.69) is 11.0 Å². The molecule has 2 aromatic rings. The summed E-state index contributed by atoms with van der Waals surface area (Å²) in [6.07, 6.45) is 0.338. The summed E-state index contributed by atoms with van der Waals surface area (Å²) in [5.74, 6) is 1.39. The Bertz CT molecular complexity index is 852. The van der Waals surface area contributed by atoms with Gasteiger partial charge in [-0.1, -0.05) is 12.1 Å². The predicted molar refractivity (Wildman–Crippen MR) is 103 cm³/mol. The van der Waals surface area contributed by atoms with Crippen molar-refractivity contribution in [3.05, 3.63) is 53.6 Å². The Morgan fingerprint density at radius 2 is 1.78 bits per heavy atom. The van der Waals surface area contributed by atoms with Crippen molar-refractivity contribution < 1.29 is 14.3 Å². The van der Waals surface area contributed by atoms with Crippen molar-refractivity contribution in [1.29, 1.82) is 5.26 Å². The maximum atomic E-state index is 12.7. The predicted octanol–water partition coefficient (Wildman–Crippen LogP) is 2.47. The molecule has 1 fully saturated rings. The minimum atomic E-state index is 0.104. The number of nitrogens with zero attached hydrogens (tertiary/aromatic N) is 3. The van der Waals surface area contributed by atoms with Gasteiger partial charge in [0.1, 0.15) is 0 Å². The van der Waals surface area contributed by atoms with Crippen LogP contribution in [0.15, 0.2) is 42.5 Å². The van der Waals surface area contributed by atoms with Crippen molar-refractivity contribution >= 4 is 11.6 Å². The molecule has 1 amide bonds. The van der Waals surface area contributed by atoms with Crippen LogP contribution in [0.1, 0.15) is 11.1 Å². The van der Waals surface area contributed by atoms with E-state index in [9.17, 15) is 4.79 Å². The van der Waals surface area contributed by atoms with Crippen molar-refractivity contribution in [3.8, 4) is 17.6 Å². The van der Waals surface area contributed by atoms with E-state index >= 15 is 0 Å². The lowest BCUT2D eigenvalue weighted by Crippen LogP contribution is -2.49. The van der Waals surface area contributed by atoms with Crippen LogP contribution < -0.4 is 14.4 Å². The minimum Gasteiger partial charge on any atom is -0.493 e. The molecule has 0 N–H and O–H groups in total. The van der Waals surface area contributed by atoms with Crippen LogP contribution in [0.3, 0.4) is 0 Å². The molecule has 2 aromatic carbocycles. The van der Waals surface area contributed by atoms with Gasteiger partial charge in [-0.3, -0.25) is 4.79 Å². The van der Waals surface area contributed by atoms with Crippen molar-refractivity contribution in [2.45, 2.75) is 6.42 Å². The first-order valence-electron chi connectivity index (χ1n) is 8.88. The van der Waals surface area contributed by atoms with Gasteiger partial charge in [-0.05, 0) is 35.9 Å². The average molecular weight is 365 g/mol. The van der Waals surface area contributed by atoms with Gasteiger partial charge in [0, 0.05) is 31.9 Å². The van der Waals surface area contributed by atoms with Crippen molar-refractivity contribution in [1.82, 2.24) is 4.90 Å².